The first-order valence-electron chi connectivity index (χ1n) is 13.3. The summed E-state index contributed by atoms with van der Waals surface area (Å²) in [6.07, 6.45) is 4.63. The normalized spacial score (nSPS) is 19.0. The molecule has 0 heterocycles. The Balaban J connectivity index is 1.50. The van der Waals surface area contributed by atoms with Gasteiger partial charge in [-0.15, -0.1) is 0 Å². The summed E-state index contributed by atoms with van der Waals surface area (Å²) in [5, 5.41) is 4.01. The zero-order valence-electron chi connectivity index (χ0n) is 21.7. The molecule has 0 aromatic heterocycles. The van der Waals surface area contributed by atoms with Gasteiger partial charge in [-0.2, -0.15) is 0 Å². The molecule has 37 heavy (non-hydrogen) atoms. The molecule has 0 aliphatic heterocycles. The highest BCUT2D eigenvalue weighted by Crippen LogP contribution is 2.38. The van der Waals surface area contributed by atoms with Crippen LogP contribution in [0.15, 0.2) is 78.4 Å². The van der Waals surface area contributed by atoms with Crippen molar-refractivity contribution in [1.29, 1.82) is 0 Å². The lowest BCUT2D eigenvalue weighted by Gasteiger charge is -2.37. The van der Waals surface area contributed by atoms with Gasteiger partial charge in [-0.3, -0.25) is 4.79 Å². The highest BCUT2D eigenvalue weighted by atomic mass is 35.5. The minimum atomic E-state index is 0.0432. The molecule has 0 spiro atoms. The molecule has 3 aromatic carbocycles. The second kappa shape index (κ2) is 11.5. The predicted octanol–water partition coefficient (Wildman–Crippen LogP) is 6.82. The molecule has 0 atom stereocenters. The van der Waals surface area contributed by atoms with Gasteiger partial charge >= 0.3 is 0 Å². The van der Waals surface area contributed by atoms with Crippen molar-refractivity contribution in [3.05, 3.63) is 95.1 Å². The highest BCUT2D eigenvalue weighted by Gasteiger charge is 2.34. The number of benzene rings is 3. The molecule has 3 aromatic rings. The Bertz CT molecular complexity index is 1280. The van der Waals surface area contributed by atoms with Gasteiger partial charge in [0.05, 0.1) is 11.6 Å². The van der Waals surface area contributed by atoms with Crippen LogP contribution in [0.25, 0.3) is 16.2 Å². The van der Waals surface area contributed by atoms with Gasteiger partial charge in [0.1, 0.15) is 5.75 Å². The molecule has 0 radical (unpaired) electrons. The molecular formula is C32H35ClN2O2. The van der Waals surface area contributed by atoms with Crippen molar-refractivity contribution in [2.45, 2.75) is 57.7 Å². The number of rotatable bonds is 8. The van der Waals surface area contributed by atoms with Crippen LogP contribution < -0.4 is 10.1 Å². The summed E-state index contributed by atoms with van der Waals surface area (Å²) >= 11 is 6.82. The van der Waals surface area contributed by atoms with E-state index in [0.717, 1.165) is 59.3 Å². The second-order valence-electron chi connectivity index (χ2n) is 9.98. The second-order valence-corrected chi connectivity index (χ2v) is 10.4. The van der Waals surface area contributed by atoms with Crippen LogP contribution in [0.3, 0.4) is 0 Å². The number of carbonyl (C=O) groups excluding carboxylic acids is 1. The van der Waals surface area contributed by atoms with Crippen molar-refractivity contribution >= 4 is 22.5 Å². The Hall–Kier alpha value is -3.08. The summed E-state index contributed by atoms with van der Waals surface area (Å²) in [6, 6.07) is 25.4. The van der Waals surface area contributed by atoms with Crippen molar-refractivity contribution < 1.29 is 9.53 Å². The minimum absolute atomic E-state index is 0.0432. The maximum absolute atomic E-state index is 14.2. The van der Waals surface area contributed by atoms with Gasteiger partial charge in [0.25, 0.3) is 5.91 Å². The van der Waals surface area contributed by atoms with Crippen LogP contribution in [-0.4, -0.2) is 36.5 Å². The first-order chi connectivity index (χ1) is 18.1. The van der Waals surface area contributed by atoms with Crippen LogP contribution in [0, 0.1) is 0 Å². The molecule has 1 amide bonds. The Morgan fingerprint density at radius 3 is 2.41 bits per heavy atom. The molecule has 5 rings (SSSR count). The summed E-state index contributed by atoms with van der Waals surface area (Å²) < 4.78 is 6.04. The van der Waals surface area contributed by atoms with E-state index in [-0.39, 0.29) is 11.9 Å². The number of hydrogen-bond donors (Lipinski definition) is 1. The molecule has 0 bridgehead atoms. The summed E-state index contributed by atoms with van der Waals surface area (Å²) in [5.41, 5.74) is 6.10. The van der Waals surface area contributed by atoms with Gasteiger partial charge in [0, 0.05) is 36.2 Å². The average Bonchev–Trinajstić information content (AvgIpc) is 3.29. The van der Waals surface area contributed by atoms with Crippen molar-refractivity contribution in [1.82, 2.24) is 10.2 Å². The van der Waals surface area contributed by atoms with Crippen molar-refractivity contribution in [3.8, 4) is 16.9 Å². The smallest absolute Gasteiger partial charge is 0.252 e. The quantitative estimate of drug-likeness (QED) is 0.358. The van der Waals surface area contributed by atoms with Crippen LogP contribution in [0.2, 0.25) is 0 Å². The number of nitrogens with zero attached hydrogens (tertiary/aromatic N) is 1. The van der Waals surface area contributed by atoms with Crippen LogP contribution in [0.4, 0.5) is 0 Å². The van der Waals surface area contributed by atoms with Gasteiger partial charge in [0.15, 0.2) is 0 Å². The van der Waals surface area contributed by atoms with E-state index in [9.17, 15) is 4.79 Å². The third-order valence-electron chi connectivity index (χ3n) is 7.76. The van der Waals surface area contributed by atoms with Crippen molar-refractivity contribution in [2.75, 3.05) is 13.7 Å². The Labute approximate surface area is 225 Å². The maximum Gasteiger partial charge on any atom is 0.252 e. The summed E-state index contributed by atoms with van der Waals surface area (Å²) in [7, 11) is 2.03. The lowest BCUT2D eigenvalue weighted by atomic mass is 9.89. The standard InChI is InChI=1S/C32H35ClN2O2/c1-3-37-30-18-13-23(22-9-5-4-6-10-22)19-25(30)21-35(27-16-14-26(34-2)15-17-27)32(36)29-20-24-11-7-8-12-28(24)31(29)33/h4-13,18-19,26-27,34H,3,14-17,20-21H2,1-2H3. The van der Waals surface area contributed by atoms with Gasteiger partial charge in [-0.05, 0) is 74.0 Å². The number of nitrogens with one attached hydrogen (secondary N) is 1. The maximum atomic E-state index is 14.2. The van der Waals surface area contributed by atoms with E-state index in [4.69, 9.17) is 16.3 Å². The van der Waals surface area contributed by atoms with Crippen molar-refractivity contribution in [3.63, 3.8) is 0 Å². The average molecular weight is 515 g/mol. The molecule has 2 aliphatic rings. The zero-order valence-corrected chi connectivity index (χ0v) is 22.4. The molecule has 1 N–H and O–H groups in total. The fourth-order valence-electron chi connectivity index (χ4n) is 5.70. The van der Waals surface area contributed by atoms with E-state index < -0.39 is 0 Å². The number of halogens is 1. The molecular weight excluding hydrogens is 480 g/mol. The molecule has 2 aliphatic carbocycles. The number of fused-ring (bicyclic) bond motifs is 1. The highest BCUT2D eigenvalue weighted by molar-refractivity contribution is 6.51. The zero-order chi connectivity index (χ0) is 25.8. The largest absolute Gasteiger partial charge is 0.494 e. The molecule has 1 fully saturated rings. The molecule has 1 saturated carbocycles. The number of ether oxygens (including phenoxy) is 1. The van der Waals surface area contributed by atoms with Crippen LogP contribution >= 0.6 is 11.6 Å². The van der Waals surface area contributed by atoms with Gasteiger partial charge in [0.2, 0.25) is 0 Å². The Morgan fingerprint density at radius 2 is 1.70 bits per heavy atom. The number of hydrogen-bond acceptors (Lipinski definition) is 3. The van der Waals surface area contributed by atoms with Gasteiger partial charge in [-0.25, -0.2) is 0 Å². The lowest BCUT2D eigenvalue weighted by Crippen LogP contribution is -2.45. The first-order valence-corrected chi connectivity index (χ1v) is 13.7. The van der Waals surface area contributed by atoms with E-state index in [1.54, 1.807) is 0 Å². The third kappa shape index (κ3) is 5.46. The predicted molar refractivity (Wildman–Crippen MR) is 152 cm³/mol. The van der Waals surface area contributed by atoms with E-state index >= 15 is 0 Å². The monoisotopic (exact) mass is 514 g/mol. The molecule has 4 nitrogen and oxygen atoms in total. The molecule has 5 heteroatoms. The fourth-order valence-corrected chi connectivity index (χ4v) is 6.03. The summed E-state index contributed by atoms with van der Waals surface area (Å²) in [5.74, 6) is 0.875. The first kappa shape index (κ1) is 25.6. The lowest BCUT2D eigenvalue weighted by molar-refractivity contribution is -0.130. The molecule has 192 valence electrons. The summed E-state index contributed by atoms with van der Waals surface area (Å²) in [6.45, 7) is 3.07. The van der Waals surface area contributed by atoms with Crippen LogP contribution in [-0.2, 0) is 17.8 Å². The topological polar surface area (TPSA) is 41.6 Å². The Morgan fingerprint density at radius 1 is 0.973 bits per heavy atom. The molecule has 0 saturated heterocycles. The number of carbonyl (C=O) groups is 1. The minimum Gasteiger partial charge on any atom is -0.494 e. The van der Waals surface area contributed by atoms with E-state index in [2.05, 4.69) is 40.5 Å². The van der Waals surface area contributed by atoms with Crippen LogP contribution in [0.5, 0.6) is 5.75 Å². The third-order valence-corrected chi connectivity index (χ3v) is 8.19. The van der Waals surface area contributed by atoms with Gasteiger partial charge in [-0.1, -0.05) is 72.3 Å². The summed E-state index contributed by atoms with van der Waals surface area (Å²) in [4.78, 5) is 16.3. The van der Waals surface area contributed by atoms with Crippen LogP contribution in [0.1, 0.15) is 49.3 Å². The Kier molecular flexibility index (Phi) is 7.97. The van der Waals surface area contributed by atoms with E-state index in [0.29, 0.717) is 36.2 Å². The van der Waals surface area contributed by atoms with Crippen molar-refractivity contribution in [2.24, 2.45) is 0 Å². The SMILES string of the molecule is CCOc1ccc(-c2ccccc2)cc1CN(C(=O)C1=C(Cl)c2ccccc2C1)C1CCC(NC)CC1. The van der Waals surface area contributed by atoms with E-state index in [1.807, 2.05) is 56.4 Å². The van der Waals surface area contributed by atoms with Gasteiger partial charge < -0.3 is 15.0 Å². The fraction of sp³-hybridized carbons (Fsp3) is 0.344. The number of amides is 1. The molecule has 0 unspecified atom stereocenters. The van der Waals surface area contributed by atoms with E-state index in [1.165, 1.54) is 0 Å².